The minimum atomic E-state index is 0.00943. The number of hydrogen-bond acceptors (Lipinski definition) is 8. The Morgan fingerprint density at radius 1 is 0.806 bits per heavy atom. The van der Waals surface area contributed by atoms with Crippen LogP contribution in [0.5, 0.6) is 0 Å². The van der Waals surface area contributed by atoms with Crippen molar-refractivity contribution in [2.24, 2.45) is 0 Å². The van der Waals surface area contributed by atoms with Gasteiger partial charge in [-0.25, -0.2) is 0 Å². The monoisotopic (exact) mass is 412 g/mol. The second-order valence-electron chi connectivity index (χ2n) is 7.18. The van der Waals surface area contributed by atoms with Crippen molar-refractivity contribution < 1.29 is 4.79 Å². The van der Waals surface area contributed by atoms with Crippen LogP contribution in [-0.2, 0) is 0 Å². The summed E-state index contributed by atoms with van der Waals surface area (Å²) in [5.74, 6) is 1.48. The molecule has 0 unspecified atom stereocenters. The maximum absolute atomic E-state index is 12.9. The fourth-order valence-electron chi connectivity index (χ4n) is 3.56. The molecule has 1 aliphatic rings. The number of carbonyl (C=O) groups is 1. The molecule has 0 aliphatic carbocycles. The molecule has 1 aromatic carbocycles. The van der Waals surface area contributed by atoms with Crippen LogP contribution in [0.1, 0.15) is 10.4 Å². The summed E-state index contributed by atoms with van der Waals surface area (Å²) in [6.07, 6.45) is 6.72. The van der Waals surface area contributed by atoms with E-state index in [2.05, 4.69) is 35.4 Å². The van der Waals surface area contributed by atoms with Crippen LogP contribution in [0.25, 0.3) is 11.0 Å². The minimum absolute atomic E-state index is 0.00943. The van der Waals surface area contributed by atoms with Gasteiger partial charge < -0.3 is 15.1 Å². The van der Waals surface area contributed by atoms with Crippen LogP contribution in [0.4, 0.5) is 17.3 Å². The number of nitrogens with zero attached hydrogens (tertiary/aromatic N) is 7. The Bertz CT molecular complexity index is 1190. The van der Waals surface area contributed by atoms with Gasteiger partial charge in [0, 0.05) is 62.2 Å². The quantitative estimate of drug-likeness (QED) is 0.546. The SMILES string of the molecule is O=C(c1ccc2nccnc2c1)N1CCN(c2ccc(Nc3ccncc3)nn2)CC1. The number of aromatic nitrogens is 5. The molecule has 9 heteroatoms. The molecule has 1 amide bonds. The number of fused-ring (bicyclic) bond motifs is 1. The van der Waals surface area contributed by atoms with Crippen molar-refractivity contribution in [3.05, 3.63) is 72.8 Å². The van der Waals surface area contributed by atoms with Crippen molar-refractivity contribution >= 4 is 34.3 Å². The van der Waals surface area contributed by atoms with Crippen molar-refractivity contribution in [2.75, 3.05) is 36.4 Å². The lowest BCUT2D eigenvalue weighted by atomic mass is 10.1. The summed E-state index contributed by atoms with van der Waals surface area (Å²) in [5.41, 5.74) is 3.05. The van der Waals surface area contributed by atoms with Crippen LogP contribution in [0.15, 0.2) is 67.3 Å². The first-order chi connectivity index (χ1) is 15.3. The molecule has 0 spiro atoms. The van der Waals surface area contributed by atoms with E-state index in [1.54, 1.807) is 30.9 Å². The van der Waals surface area contributed by atoms with E-state index in [0.717, 1.165) is 22.5 Å². The van der Waals surface area contributed by atoms with Crippen LogP contribution in [0.2, 0.25) is 0 Å². The van der Waals surface area contributed by atoms with Crippen molar-refractivity contribution in [1.82, 2.24) is 30.0 Å². The number of piperazine rings is 1. The largest absolute Gasteiger partial charge is 0.352 e. The predicted octanol–water partition coefficient (Wildman–Crippen LogP) is 2.52. The van der Waals surface area contributed by atoms with E-state index in [-0.39, 0.29) is 5.91 Å². The molecule has 1 aliphatic heterocycles. The molecular formula is C22H20N8O. The van der Waals surface area contributed by atoms with Gasteiger partial charge in [0.05, 0.1) is 11.0 Å². The van der Waals surface area contributed by atoms with Gasteiger partial charge in [0.1, 0.15) is 0 Å². The molecule has 31 heavy (non-hydrogen) atoms. The molecule has 0 atom stereocenters. The fourth-order valence-corrected chi connectivity index (χ4v) is 3.56. The van der Waals surface area contributed by atoms with Crippen LogP contribution in [0.3, 0.4) is 0 Å². The van der Waals surface area contributed by atoms with E-state index in [1.165, 1.54) is 0 Å². The lowest BCUT2D eigenvalue weighted by Gasteiger charge is -2.35. The Hall–Kier alpha value is -4.14. The molecule has 1 N–H and O–H groups in total. The molecule has 5 rings (SSSR count). The molecular weight excluding hydrogens is 392 g/mol. The maximum atomic E-state index is 12.9. The number of pyridine rings is 1. The number of benzene rings is 1. The Morgan fingerprint density at radius 2 is 1.58 bits per heavy atom. The maximum Gasteiger partial charge on any atom is 0.254 e. The summed E-state index contributed by atoms with van der Waals surface area (Å²) >= 11 is 0. The molecule has 4 heterocycles. The highest BCUT2D eigenvalue weighted by Gasteiger charge is 2.23. The third kappa shape index (κ3) is 4.11. The van der Waals surface area contributed by atoms with Crippen molar-refractivity contribution in [1.29, 1.82) is 0 Å². The Morgan fingerprint density at radius 3 is 2.32 bits per heavy atom. The van der Waals surface area contributed by atoms with E-state index in [9.17, 15) is 4.79 Å². The van der Waals surface area contributed by atoms with Gasteiger partial charge in [0.25, 0.3) is 5.91 Å². The smallest absolute Gasteiger partial charge is 0.254 e. The van der Waals surface area contributed by atoms with Crippen LogP contribution >= 0.6 is 0 Å². The minimum Gasteiger partial charge on any atom is -0.352 e. The van der Waals surface area contributed by atoms with E-state index in [4.69, 9.17) is 0 Å². The molecule has 1 saturated heterocycles. The van der Waals surface area contributed by atoms with Gasteiger partial charge in [-0.05, 0) is 42.5 Å². The number of hydrogen-bond donors (Lipinski definition) is 1. The van der Waals surface area contributed by atoms with Crippen molar-refractivity contribution in [3.8, 4) is 0 Å². The standard InChI is InChI=1S/C22H20N8O/c31-22(16-1-2-18-19(15-16)25-10-9-24-18)30-13-11-29(12-14-30)21-4-3-20(27-28-21)26-17-5-7-23-8-6-17/h1-10,15H,11-14H2,(H,23,26,27). The summed E-state index contributed by atoms with van der Waals surface area (Å²) in [6, 6.07) is 13.0. The zero-order chi connectivity index (χ0) is 21.0. The topological polar surface area (TPSA) is 100 Å². The number of rotatable bonds is 4. The Labute approximate surface area is 178 Å². The average molecular weight is 412 g/mol. The third-order valence-electron chi connectivity index (χ3n) is 5.21. The van der Waals surface area contributed by atoms with Gasteiger partial charge in [0.2, 0.25) is 0 Å². The van der Waals surface area contributed by atoms with E-state index in [0.29, 0.717) is 37.6 Å². The predicted molar refractivity (Wildman–Crippen MR) is 117 cm³/mol. The Kier molecular flexibility index (Phi) is 5.05. The summed E-state index contributed by atoms with van der Waals surface area (Å²) in [7, 11) is 0. The van der Waals surface area contributed by atoms with Crippen molar-refractivity contribution in [2.45, 2.75) is 0 Å². The van der Waals surface area contributed by atoms with Gasteiger partial charge >= 0.3 is 0 Å². The molecule has 9 nitrogen and oxygen atoms in total. The molecule has 0 bridgehead atoms. The van der Waals surface area contributed by atoms with E-state index < -0.39 is 0 Å². The zero-order valence-electron chi connectivity index (χ0n) is 16.7. The van der Waals surface area contributed by atoms with E-state index in [1.807, 2.05) is 41.3 Å². The van der Waals surface area contributed by atoms with Gasteiger partial charge in [-0.15, -0.1) is 10.2 Å². The molecule has 154 valence electrons. The normalized spacial score (nSPS) is 13.9. The van der Waals surface area contributed by atoms with Crippen LogP contribution < -0.4 is 10.2 Å². The van der Waals surface area contributed by atoms with Gasteiger partial charge in [-0.3, -0.25) is 19.7 Å². The molecule has 3 aromatic heterocycles. The summed E-state index contributed by atoms with van der Waals surface area (Å²) in [5, 5.41) is 11.8. The number of nitrogens with one attached hydrogen (secondary N) is 1. The second kappa shape index (κ2) is 8.31. The van der Waals surface area contributed by atoms with Crippen LogP contribution in [0, 0.1) is 0 Å². The highest BCUT2D eigenvalue weighted by molar-refractivity contribution is 5.97. The number of anilines is 3. The van der Waals surface area contributed by atoms with Gasteiger partial charge in [-0.2, -0.15) is 0 Å². The summed E-state index contributed by atoms with van der Waals surface area (Å²) in [6.45, 7) is 2.64. The Balaban J connectivity index is 1.21. The molecule has 0 saturated carbocycles. The number of amides is 1. The average Bonchev–Trinajstić information content (AvgIpc) is 2.84. The van der Waals surface area contributed by atoms with E-state index >= 15 is 0 Å². The first-order valence-corrected chi connectivity index (χ1v) is 10.0. The second-order valence-corrected chi connectivity index (χ2v) is 7.18. The lowest BCUT2D eigenvalue weighted by Crippen LogP contribution is -2.49. The van der Waals surface area contributed by atoms with Crippen LogP contribution in [-0.4, -0.2) is 62.1 Å². The van der Waals surface area contributed by atoms with Gasteiger partial charge in [0.15, 0.2) is 11.6 Å². The van der Waals surface area contributed by atoms with Crippen molar-refractivity contribution in [3.63, 3.8) is 0 Å². The first-order valence-electron chi connectivity index (χ1n) is 10.0. The molecule has 1 fully saturated rings. The first kappa shape index (κ1) is 18.9. The molecule has 0 radical (unpaired) electrons. The summed E-state index contributed by atoms with van der Waals surface area (Å²) < 4.78 is 0. The van der Waals surface area contributed by atoms with Gasteiger partial charge in [-0.1, -0.05) is 0 Å². The third-order valence-corrected chi connectivity index (χ3v) is 5.21. The molecule has 4 aromatic rings. The zero-order valence-corrected chi connectivity index (χ0v) is 16.7. The lowest BCUT2D eigenvalue weighted by molar-refractivity contribution is 0.0746. The number of carbonyl (C=O) groups excluding carboxylic acids is 1. The highest BCUT2D eigenvalue weighted by atomic mass is 16.2. The highest BCUT2D eigenvalue weighted by Crippen LogP contribution is 2.19. The summed E-state index contributed by atoms with van der Waals surface area (Å²) in [4.78, 5) is 29.5. The fraction of sp³-hybridized carbons (Fsp3) is 0.182.